The second kappa shape index (κ2) is 6.96. The number of nitrogens with one attached hydrogen (secondary N) is 1. The van der Waals surface area contributed by atoms with E-state index in [0.29, 0.717) is 6.42 Å². The Balaban J connectivity index is 2.54. The molecule has 0 saturated carbocycles. The van der Waals surface area contributed by atoms with Gasteiger partial charge in [-0.15, -0.1) is 0 Å². The number of carbonyl (C=O) groups is 1. The highest BCUT2D eigenvalue weighted by Crippen LogP contribution is 2.22. The summed E-state index contributed by atoms with van der Waals surface area (Å²) < 4.78 is 0. The lowest BCUT2D eigenvalue weighted by Crippen LogP contribution is -2.18. The summed E-state index contributed by atoms with van der Waals surface area (Å²) in [5, 5.41) is 2.88. The van der Waals surface area contributed by atoms with Crippen LogP contribution >= 0.6 is 0 Å². The summed E-state index contributed by atoms with van der Waals surface area (Å²) in [7, 11) is 3.86. The van der Waals surface area contributed by atoms with E-state index in [-0.39, 0.29) is 11.9 Å². The van der Waals surface area contributed by atoms with E-state index in [9.17, 15) is 4.79 Å². The molecule has 0 aliphatic rings. The number of anilines is 2. The third-order valence-electron chi connectivity index (χ3n) is 2.62. The number of hydrogen-bond donors (Lipinski definition) is 2. The predicted molar refractivity (Wildman–Crippen MR) is 74.7 cm³/mol. The van der Waals surface area contributed by atoms with Gasteiger partial charge in [0.1, 0.15) is 0 Å². The Kier molecular flexibility index (Phi) is 5.58. The molecule has 5 heteroatoms. The topological polar surface area (TPSA) is 71.2 Å². The molecule has 100 valence electrons. The molecule has 0 aromatic carbocycles. The van der Waals surface area contributed by atoms with Crippen molar-refractivity contribution in [2.45, 2.75) is 32.2 Å². The first kappa shape index (κ1) is 14.4. The number of nitrogens with two attached hydrogens (primary N) is 1. The minimum atomic E-state index is 0.00625. The fourth-order valence-electron chi connectivity index (χ4n) is 1.67. The second-order valence-electron chi connectivity index (χ2n) is 4.70. The Morgan fingerprint density at radius 1 is 1.56 bits per heavy atom. The summed E-state index contributed by atoms with van der Waals surface area (Å²) in [4.78, 5) is 17.7. The number of aromatic nitrogens is 1. The Labute approximate surface area is 108 Å². The van der Waals surface area contributed by atoms with Crippen molar-refractivity contribution < 1.29 is 4.79 Å². The molecule has 0 aliphatic carbocycles. The van der Waals surface area contributed by atoms with Crippen molar-refractivity contribution in [1.29, 1.82) is 0 Å². The van der Waals surface area contributed by atoms with Crippen molar-refractivity contribution >= 4 is 17.3 Å². The molecule has 0 aliphatic heterocycles. The van der Waals surface area contributed by atoms with Gasteiger partial charge in [-0.25, -0.2) is 0 Å². The lowest BCUT2D eigenvalue weighted by atomic mass is 10.1. The molecule has 0 spiro atoms. The lowest BCUT2D eigenvalue weighted by molar-refractivity contribution is -0.116. The highest BCUT2D eigenvalue weighted by Gasteiger charge is 2.08. The molecule has 1 atom stereocenters. The molecule has 0 radical (unpaired) electrons. The van der Waals surface area contributed by atoms with E-state index in [4.69, 9.17) is 5.73 Å². The zero-order valence-corrected chi connectivity index (χ0v) is 11.3. The van der Waals surface area contributed by atoms with Gasteiger partial charge in [-0.05, 0) is 25.8 Å². The first-order valence-electron chi connectivity index (χ1n) is 6.17. The summed E-state index contributed by atoms with van der Waals surface area (Å²) in [6.07, 6.45) is 5.53. The molecular weight excluding hydrogens is 228 g/mol. The van der Waals surface area contributed by atoms with Crippen molar-refractivity contribution in [2.24, 2.45) is 5.73 Å². The van der Waals surface area contributed by atoms with Gasteiger partial charge in [0.05, 0.1) is 17.6 Å². The van der Waals surface area contributed by atoms with E-state index >= 15 is 0 Å². The standard InChI is InChI=1S/C13H22N4O/c1-10(14)5-4-6-13(18)16-11-9-15-8-7-12(11)17(2)3/h7-10H,4-6,14H2,1-3H3,(H,16,18). The van der Waals surface area contributed by atoms with Gasteiger partial charge in [0.15, 0.2) is 0 Å². The Morgan fingerprint density at radius 2 is 2.28 bits per heavy atom. The van der Waals surface area contributed by atoms with Gasteiger partial charge < -0.3 is 16.0 Å². The van der Waals surface area contributed by atoms with Crippen molar-refractivity contribution in [1.82, 2.24) is 4.98 Å². The molecule has 0 fully saturated rings. The van der Waals surface area contributed by atoms with Crippen LogP contribution in [0.1, 0.15) is 26.2 Å². The average molecular weight is 250 g/mol. The maximum absolute atomic E-state index is 11.8. The summed E-state index contributed by atoms with van der Waals surface area (Å²) in [6.45, 7) is 1.95. The van der Waals surface area contributed by atoms with Crippen molar-refractivity contribution in [2.75, 3.05) is 24.3 Å². The number of amides is 1. The number of nitrogens with zero attached hydrogens (tertiary/aromatic N) is 2. The third kappa shape index (κ3) is 4.71. The molecule has 18 heavy (non-hydrogen) atoms. The quantitative estimate of drug-likeness (QED) is 0.804. The maximum atomic E-state index is 11.8. The largest absolute Gasteiger partial charge is 0.376 e. The van der Waals surface area contributed by atoms with E-state index in [0.717, 1.165) is 24.2 Å². The van der Waals surface area contributed by atoms with Crippen LogP contribution in [-0.4, -0.2) is 31.0 Å². The first-order chi connectivity index (χ1) is 8.50. The monoisotopic (exact) mass is 250 g/mol. The Bertz CT molecular complexity index is 390. The van der Waals surface area contributed by atoms with Crippen LogP contribution < -0.4 is 16.0 Å². The highest BCUT2D eigenvalue weighted by molar-refractivity contribution is 5.93. The average Bonchev–Trinajstić information content (AvgIpc) is 2.28. The minimum Gasteiger partial charge on any atom is -0.376 e. The van der Waals surface area contributed by atoms with Gasteiger partial charge in [0.2, 0.25) is 5.91 Å². The Morgan fingerprint density at radius 3 is 2.89 bits per heavy atom. The molecule has 1 aromatic rings. The summed E-state index contributed by atoms with van der Waals surface area (Å²) in [5.74, 6) is 0.00625. The van der Waals surface area contributed by atoms with Crippen LogP contribution in [0.3, 0.4) is 0 Å². The molecule has 1 unspecified atom stereocenters. The lowest BCUT2D eigenvalue weighted by Gasteiger charge is -2.17. The van der Waals surface area contributed by atoms with E-state index in [2.05, 4.69) is 10.3 Å². The van der Waals surface area contributed by atoms with Gasteiger partial charge in [0, 0.05) is 32.8 Å². The van der Waals surface area contributed by atoms with Crippen LogP contribution in [0.25, 0.3) is 0 Å². The van der Waals surface area contributed by atoms with Crippen LogP contribution in [0.2, 0.25) is 0 Å². The summed E-state index contributed by atoms with van der Waals surface area (Å²) >= 11 is 0. The minimum absolute atomic E-state index is 0.00625. The number of carbonyl (C=O) groups excluding carboxylic acids is 1. The van der Waals surface area contributed by atoms with Gasteiger partial charge in [-0.3, -0.25) is 9.78 Å². The molecule has 1 rings (SSSR count). The zero-order valence-electron chi connectivity index (χ0n) is 11.3. The number of rotatable bonds is 6. The van der Waals surface area contributed by atoms with E-state index < -0.39 is 0 Å². The van der Waals surface area contributed by atoms with Crippen molar-refractivity contribution in [3.63, 3.8) is 0 Å². The molecule has 3 N–H and O–H groups in total. The smallest absolute Gasteiger partial charge is 0.224 e. The van der Waals surface area contributed by atoms with Crippen LogP contribution in [0.4, 0.5) is 11.4 Å². The molecule has 1 aromatic heterocycles. The normalized spacial score (nSPS) is 12.0. The predicted octanol–water partition coefficient (Wildman–Crippen LogP) is 1.60. The maximum Gasteiger partial charge on any atom is 0.224 e. The van der Waals surface area contributed by atoms with Gasteiger partial charge >= 0.3 is 0 Å². The molecule has 5 nitrogen and oxygen atoms in total. The molecule has 1 amide bonds. The number of pyridine rings is 1. The summed E-state index contributed by atoms with van der Waals surface area (Å²) in [6, 6.07) is 2.02. The van der Waals surface area contributed by atoms with Gasteiger partial charge in [-0.1, -0.05) is 0 Å². The van der Waals surface area contributed by atoms with E-state index in [1.807, 2.05) is 32.0 Å². The van der Waals surface area contributed by atoms with Crippen LogP contribution in [-0.2, 0) is 4.79 Å². The highest BCUT2D eigenvalue weighted by atomic mass is 16.1. The fraction of sp³-hybridized carbons (Fsp3) is 0.538. The third-order valence-corrected chi connectivity index (χ3v) is 2.62. The van der Waals surface area contributed by atoms with Gasteiger partial charge in [0.25, 0.3) is 0 Å². The summed E-state index contributed by atoms with van der Waals surface area (Å²) in [5.41, 5.74) is 7.34. The van der Waals surface area contributed by atoms with Crippen molar-refractivity contribution in [3.05, 3.63) is 18.5 Å². The fourth-order valence-corrected chi connectivity index (χ4v) is 1.67. The molecule has 0 bridgehead atoms. The van der Waals surface area contributed by atoms with Crippen LogP contribution in [0.5, 0.6) is 0 Å². The molecule has 0 saturated heterocycles. The van der Waals surface area contributed by atoms with E-state index in [1.165, 1.54) is 0 Å². The van der Waals surface area contributed by atoms with Gasteiger partial charge in [-0.2, -0.15) is 0 Å². The Hall–Kier alpha value is -1.62. The van der Waals surface area contributed by atoms with E-state index in [1.54, 1.807) is 12.4 Å². The molecule has 1 heterocycles. The number of hydrogen-bond acceptors (Lipinski definition) is 4. The van der Waals surface area contributed by atoms with Crippen molar-refractivity contribution in [3.8, 4) is 0 Å². The molecular formula is C13H22N4O. The second-order valence-corrected chi connectivity index (χ2v) is 4.70. The zero-order chi connectivity index (χ0) is 13.5. The SMILES string of the molecule is CC(N)CCCC(=O)Nc1cnccc1N(C)C. The first-order valence-corrected chi connectivity index (χ1v) is 6.17. The van der Waals surface area contributed by atoms with Crippen LogP contribution in [0.15, 0.2) is 18.5 Å². The van der Waals surface area contributed by atoms with Crippen LogP contribution in [0, 0.1) is 0 Å².